The zero-order chi connectivity index (χ0) is 19.9. The fourth-order valence-corrected chi connectivity index (χ4v) is 5.25. The highest BCUT2D eigenvalue weighted by molar-refractivity contribution is 6.85. The molecule has 0 saturated carbocycles. The molecular formula is C21H46N2Si2. The molecular weight excluding hydrogens is 336 g/mol. The Balaban J connectivity index is 4.48. The zero-order valence-corrected chi connectivity index (χ0v) is 20.8. The lowest BCUT2D eigenvalue weighted by Crippen LogP contribution is -2.60. The lowest BCUT2D eigenvalue weighted by Gasteiger charge is -2.40. The summed E-state index contributed by atoms with van der Waals surface area (Å²) >= 11 is 0. The molecule has 0 aliphatic carbocycles. The van der Waals surface area contributed by atoms with Gasteiger partial charge in [-0.3, -0.25) is 0 Å². The highest BCUT2D eigenvalue weighted by atomic mass is 28.3. The van der Waals surface area contributed by atoms with Crippen molar-refractivity contribution in [2.75, 3.05) is 13.1 Å². The minimum Gasteiger partial charge on any atom is -0.314 e. The quantitative estimate of drug-likeness (QED) is 0.345. The van der Waals surface area contributed by atoms with Crippen LogP contribution in [0.2, 0.25) is 26.2 Å². The molecule has 0 rings (SSSR count). The van der Waals surface area contributed by atoms with Crippen molar-refractivity contribution in [3.05, 3.63) is 24.1 Å². The van der Waals surface area contributed by atoms with Crippen LogP contribution >= 0.6 is 0 Å². The van der Waals surface area contributed by atoms with Crippen LogP contribution in [0.1, 0.15) is 54.4 Å². The van der Waals surface area contributed by atoms with E-state index >= 15 is 0 Å². The first-order chi connectivity index (χ1) is 11.2. The van der Waals surface area contributed by atoms with E-state index in [4.69, 9.17) is 0 Å². The molecule has 0 radical (unpaired) electrons. The van der Waals surface area contributed by atoms with Crippen LogP contribution < -0.4 is 10.6 Å². The maximum Gasteiger partial charge on any atom is 0.0925 e. The van der Waals surface area contributed by atoms with Gasteiger partial charge in [0, 0.05) is 10.3 Å². The second kappa shape index (κ2) is 9.68. The van der Waals surface area contributed by atoms with Crippen molar-refractivity contribution in [2.45, 2.75) is 90.9 Å². The normalized spacial score (nSPS) is 15.6. The van der Waals surface area contributed by atoms with Gasteiger partial charge in [-0.2, -0.15) is 0 Å². The van der Waals surface area contributed by atoms with Crippen LogP contribution in [0.4, 0.5) is 0 Å². The SMILES string of the molecule is C=C[Si](C)(C)C(C)(C)NCCCNC(C)(C)[Si](C)(C)/C=C/C(C)CC. The van der Waals surface area contributed by atoms with Crippen molar-refractivity contribution in [1.29, 1.82) is 0 Å². The number of rotatable bonds is 12. The third kappa shape index (κ3) is 7.53. The van der Waals surface area contributed by atoms with Crippen molar-refractivity contribution in [3.8, 4) is 0 Å². The maximum atomic E-state index is 4.05. The molecule has 148 valence electrons. The fraction of sp³-hybridized carbons (Fsp3) is 0.810. The van der Waals surface area contributed by atoms with Gasteiger partial charge in [0.05, 0.1) is 16.1 Å². The topological polar surface area (TPSA) is 24.1 Å². The van der Waals surface area contributed by atoms with Gasteiger partial charge < -0.3 is 10.6 Å². The Morgan fingerprint density at radius 1 is 0.920 bits per heavy atom. The molecule has 0 aliphatic rings. The first-order valence-electron chi connectivity index (χ1n) is 10.1. The van der Waals surface area contributed by atoms with Crippen molar-refractivity contribution < 1.29 is 0 Å². The molecule has 25 heavy (non-hydrogen) atoms. The Bertz CT molecular complexity index is 437. The van der Waals surface area contributed by atoms with Gasteiger partial charge in [0.25, 0.3) is 0 Å². The molecule has 0 aromatic carbocycles. The average Bonchev–Trinajstić information content (AvgIpc) is 2.51. The van der Waals surface area contributed by atoms with Crippen LogP contribution in [-0.2, 0) is 0 Å². The van der Waals surface area contributed by atoms with E-state index in [1.807, 2.05) is 0 Å². The van der Waals surface area contributed by atoms with Crippen LogP contribution in [0, 0.1) is 5.92 Å². The van der Waals surface area contributed by atoms with E-state index in [9.17, 15) is 0 Å². The van der Waals surface area contributed by atoms with Crippen molar-refractivity contribution in [1.82, 2.24) is 10.6 Å². The standard InChI is InChI=1S/C21H46N2Si2/c1-12-19(3)15-18-25(10,11)21(6,7)23-17-14-16-22-20(4,5)24(8,9)13-2/h13,15,18-19,22-23H,2,12,14,16-17H2,1,3-11H3/b18-15+. The van der Waals surface area contributed by atoms with Crippen LogP contribution in [0.5, 0.6) is 0 Å². The first-order valence-corrected chi connectivity index (χ1v) is 16.2. The van der Waals surface area contributed by atoms with Gasteiger partial charge in [0.2, 0.25) is 0 Å². The average molecular weight is 383 g/mol. The van der Waals surface area contributed by atoms with E-state index in [0.717, 1.165) is 19.5 Å². The minimum atomic E-state index is -1.46. The smallest absolute Gasteiger partial charge is 0.0925 e. The Kier molecular flexibility index (Phi) is 9.61. The molecule has 2 nitrogen and oxygen atoms in total. The highest BCUT2D eigenvalue weighted by Crippen LogP contribution is 2.23. The molecule has 0 spiro atoms. The number of nitrogens with one attached hydrogen (secondary N) is 2. The molecule has 4 heteroatoms. The van der Waals surface area contributed by atoms with Crippen molar-refractivity contribution >= 4 is 16.1 Å². The number of hydrogen-bond acceptors (Lipinski definition) is 2. The maximum absolute atomic E-state index is 4.05. The molecule has 0 bridgehead atoms. The predicted octanol–water partition coefficient (Wildman–Crippen LogP) is 5.47. The monoisotopic (exact) mass is 382 g/mol. The van der Waals surface area contributed by atoms with Gasteiger partial charge in [-0.25, -0.2) is 0 Å². The summed E-state index contributed by atoms with van der Waals surface area (Å²) in [6.07, 6.45) is 4.82. The third-order valence-electron chi connectivity index (χ3n) is 6.70. The Morgan fingerprint density at radius 3 is 1.76 bits per heavy atom. The van der Waals surface area contributed by atoms with Gasteiger partial charge in [0.15, 0.2) is 0 Å². The second-order valence-corrected chi connectivity index (χ2v) is 20.0. The third-order valence-corrected chi connectivity index (χ3v) is 15.5. The molecule has 1 unspecified atom stereocenters. The van der Waals surface area contributed by atoms with Gasteiger partial charge in [-0.1, -0.05) is 58.2 Å². The van der Waals surface area contributed by atoms with Crippen LogP contribution in [0.3, 0.4) is 0 Å². The molecule has 0 fully saturated rings. The van der Waals surface area contributed by atoms with E-state index in [0.29, 0.717) is 5.92 Å². The Labute approximate surface area is 161 Å². The fourth-order valence-electron chi connectivity index (χ4n) is 2.35. The summed E-state index contributed by atoms with van der Waals surface area (Å²) in [5, 5.41) is 8.01. The second-order valence-electron chi connectivity index (χ2n) is 9.85. The molecule has 0 aliphatic heterocycles. The van der Waals surface area contributed by atoms with Crippen LogP contribution in [-0.4, -0.2) is 39.6 Å². The van der Waals surface area contributed by atoms with E-state index in [1.54, 1.807) is 0 Å². The molecule has 1 atom stereocenters. The predicted molar refractivity (Wildman–Crippen MR) is 123 cm³/mol. The van der Waals surface area contributed by atoms with Crippen LogP contribution in [0.15, 0.2) is 24.1 Å². The lowest BCUT2D eigenvalue weighted by atomic mass is 10.1. The van der Waals surface area contributed by atoms with Gasteiger partial charge >= 0.3 is 0 Å². The molecule has 0 saturated heterocycles. The van der Waals surface area contributed by atoms with E-state index in [2.05, 4.69) is 102 Å². The van der Waals surface area contributed by atoms with Gasteiger partial charge in [-0.15, -0.1) is 12.3 Å². The summed E-state index contributed by atoms with van der Waals surface area (Å²) in [4.78, 5) is 0. The van der Waals surface area contributed by atoms with Gasteiger partial charge in [-0.05, 0) is 53.1 Å². The van der Waals surface area contributed by atoms with Crippen LogP contribution in [0.25, 0.3) is 0 Å². The highest BCUT2D eigenvalue weighted by Gasteiger charge is 2.37. The molecule has 2 N–H and O–H groups in total. The number of allylic oxidation sites excluding steroid dienone is 1. The minimum absolute atomic E-state index is 0.192. The molecule has 0 aromatic heterocycles. The van der Waals surface area contributed by atoms with E-state index < -0.39 is 16.1 Å². The number of hydrogen-bond donors (Lipinski definition) is 2. The lowest BCUT2D eigenvalue weighted by molar-refractivity contribution is 0.460. The summed E-state index contributed by atoms with van der Waals surface area (Å²) in [5.74, 6) is 0.686. The largest absolute Gasteiger partial charge is 0.314 e. The summed E-state index contributed by atoms with van der Waals surface area (Å²) in [6.45, 7) is 29.9. The van der Waals surface area contributed by atoms with Crippen molar-refractivity contribution in [2.24, 2.45) is 5.92 Å². The summed E-state index contributed by atoms with van der Waals surface area (Å²) in [7, 11) is -2.89. The molecule has 0 amide bonds. The van der Waals surface area contributed by atoms with E-state index in [1.165, 1.54) is 6.42 Å². The van der Waals surface area contributed by atoms with Crippen molar-refractivity contribution in [3.63, 3.8) is 0 Å². The zero-order valence-electron chi connectivity index (χ0n) is 18.8. The summed E-state index contributed by atoms with van der Waals surface area (Å²) in [5.41, 5.74) is 4.73. The summed E-state index contributed by atoms with van der Waals surface area (Å²) in [6, 6.07) is 0. The first kappa shape index (κ1) is 24.8. The Morgan fingerprint density at radius 2 is 1.36 bits per heavy atom. The molecule has 0 aromatic rings. The summed E-state index contributed by atoms with van der Waals surface area (Å²) < 4.78 is 0. The van der Waals surface area contributed by atoms with E-state index in [-0.39, 0.29) is 10.3 Å². The molecule has 0 heterocycles. The Hall–Kier alpha value is -0.166. The van der Waals surface area contributed by atoms with Gasteiger partial charge in [0.1, 0.15) is 0 Å².